The second-order valence-electron chi connectivity index (χ2n) is 4.87. The molecule has 18 heavy (non-hydrogen) atoms. The van der Waals surface area contributed by atoms with E-state index in [-0.39, 0.29) is 18.0 Å². The lowest BCUT2D eigenvalue weighted by Gasteiger charge is -2.29. The van der Waals surface area contributed by atoms with Crippen LogP contribution >= 0.6 is 0 Å². The summed E-state index contributed by atoms with van der Waals surface area (Å²) >= 11 is 0. The third kappa shape index (κ3) is 2.65. The molecular formula is C14H21FN2O. The molecule has 3 nitrogen and oxygen atoms in total. The Hall–Kier alpha value is -1.13. The standard InChI is InChI=1S/C14H21FN2O/c1-10-13(6-8-18-10)17(2)14-4-3-11(5-7-16)9-12(14)15/h3-4,9-10,13H,5-8,16H2,1-2H3. The quantitative estimate of drug-likeness (QED) is 0.890. The van der Waals surface area contributed by atoms with Crippen LogP contribution in [0, 0.1) is 5.82 Å². The molecule has 2 unspecified atom stereocenters. The van der Waals surface area contributed by atoms with Crippen molar-refractivity contribution in [3.63, 3.8) is 0 Å². The summed E-state index contributed by atoms with van der Waals surface area (Å²) in [6.45, 7) is 3.33. The third-order valence-corrected chi connectivity index (χ3v) is 3.66. The highest BCUT2D eigenvalue weighted by molar-refractivity contribution is 5.50. The smallest absolute Gasteiger partial charge is 0.146 e. The van der Waals surface area contributed by atoms with Crippen LogP contribution in [0.4, 0.5) is 10.1 Å². The molecule has 1 aliphatic heterocycles. The van der Waals surface area contributed by atoms with Gasteiger partial charge >= 0.3 is 0 Å². The van der Waals surface area contributed by atoms with Gasteiger partial charge in [-0.2, -0.15) is 0 Å². The van der Waals surface area contributed by atoms with Gasteiger partial charge in [0.05, 0.1) is 17.8 Å². The molecule has 2 rings (SSSR count). The zero-order chi connectivity index (χ0) is 13.1. The first-order valence-electron chi connectivity index (χ1n) is 6.46. The molecule has 1 aliphatic rings. The number of nitrogens with zero attached hydrogens (tertiary/aromatic N) is 1. The van der Waals surface area contributed by atoms with E-state index in [2.05, 4.69) is 0 Å². The number of hydrogen-bond donors (Lipinski definition) is 1. The van der Waals surface area contributed by atoms with Crippen molar-refractivity contribution in [2.45, 2.75) is 31.9 Å². The average molecular weight is 252 g/mol. The number of anilines is 1. The maximum atomic E-state index is 14.1. The molecule has 4 heteroatoms. The monoisotopic (exact) mass is 252 g/mol. The molecule has 1 aromatic rings. The molecule has 100 valence electrons. The van der Waals surface area contributed by atoms with Gasteiger partial charge in [0.15, 0.2) is 0 Å². The summed E-state index contributed by atoms with van der Waals surface area (Å²) in [6.07, 6.45) is 1.81. The maximum Gasteiger partial charge on any atom is 0.146 e. The van der Waals surface area contributed by atoms with Gasteiger partial charge in [-0.1, -0.05) is 6.07 Å². The van der Waals surface area contributed by atoms with E-state index in [1.54, 1.807) is 6.07 Å². The molecule has 2 atom stereocenters. The van der Waals surface area contributed by atoms with Crippen molar-refractivity contribution in [2.24, 2.45) is 5.73 Å². The highest BCUT2D eigenvalue weighted by Gasteiger charge is 2.29. The average Bonchev–Trinajstić information content (AvgIpc) is 2.75. The number of nitrogens with two attached hydrogens (primary N) is 1. The van der Waals surface area contributed by atoms with Crippen LogP contribution in [0.2, 0.25) is 0 Å². The molecule has 0 radical (unpaired) electrons. The van der Waals surface area contributed by atoms with E-state index in [4.69, 9.17) is 10.5 Å². The van der Waals surface area contributed by atoms with Gasteiger partial charge in [0.25, 0.3) is 0 Å². The molecule has 0 amide bonds. The lowest BCUT2D eigenvalue weighted by Crippen LogP contribution is -2.37. The van der Waals surface area contributed by atoms with Gasteiger partial charge in [-0.25, -0.2) is 4.39 Å². The van der Waals surface area contributed by atoms with E-state index in [1.165, 1.54) is 0 Å². The number of benzene rings is 1. The zero-order valence-corrected chi connectivity index (χ0v) is 11.0. The highest BCUT2D eigenvalue weighted by Crippen LogP contribution is 2.27. The Morgan fingerprint density at radius 3 is 2.83 bits per heavy atom. The number of hydrogen-bond acceptors (Lipinski definition) is 3. The van der Waals surface area contributed by atoms with Gasteiger partial charge in [-0.05, 0) is 44.0 Å². The van der Waals surface area contributed by atoms with Crippen LogP contribution in [0.3, 0.4) is 0 Å². The van der Waals surface area contributed by atoms with Crippen LogP contribution in [-0.4, -0.2) is 32.3 Å². The van der Waals surface area contributed by atoms with E-state index in [0.29, 0.717) is 18.7 Å². The van der Waals surface area contributed by atoms with Crippen LogP contribution < -0.4 is 10.6 Å². The molecule has 0 saturated carbocycles. The van der Waals surface area contributed by atoms with Crippen LogP contribution in [-0.2, 0) is 11.2 Å². The predicted molar refractivity (Wildman–Crippen MR) is 71.4 cm³/mol. The van der Waals surface area contributed by atoms with Gasteiger partial charge in [0.2, 0.25) is 0 Å². The summed E-state index contributed by atoms with van der Waals surface area (Å²) in [5.41, 5.74) is 7.06. The first-order valence-corrected chi connectivity index (χ1v) is 6.46. The highest BCUT2D eigenvalue weighted by atomic mass is 19.1. The van der Waals surface area contributed by atoms with Crippen molar-refractivity contribution in [1.82, 2.24) is 0 Å². The summed E-state index contributed by atoms with van der Waals surface area (Å²) in [5, 5.41) is 0. The molecule has 2 N–H and O–H groups in total. The largest absolute Gasteiger partial charge is 0.376 e. The second-order valence-corrected chi connectivity index (χ2v) is 4.87. The summed E-state index contributed by atoms with van der Waals surface area (Å²) in [4.78, 5) is 1.99. The summed E-state index contributed by atoms with van der Waals surface area (Å²) in [5.74, 6) is -0.178. The fourth-order valence-electron chi connectivity index (χ4n) is 2.57. The molecular weight excluding hydrogens is 231 g/mol. The molecule has 0 aromatic heterocycles. The molecule has 0 spiro atoms. The molecule has 1 aromatic carbocycles. The van der Waals surface area contributed by atoms with E-state index >= 15 is 0 Å². The van der Waals surface area contributed by atoms with Crippen molar-refractivity contribution >= 4 is 5.69 Å². The molecule has 0 bridgehead atoms. The fourth-order valence-corrected chi connectivity index (χ4v) is 2.57. The lowest BCUT2D eigenvalue weighted by atomic mass is 10.1. The van der Waals surface area contributed by atoms with E-state index in [1.807, 2.05) is 31.0 Å². The molecule has 1 saturated heterocycles. The molecule has 0 aliphatic carbocycles. The Balaban J connectivity index is 2.17. The Kier molecular flexibility index (Phi) is 4.19. The normalized spacial score (nSPS) is 23.3. The number of halogens is 1. The Labute approximate surface area is 108 Å². The van der Waals surface area contributed by atoms with E-state index in [0.717, 1.165) is 18.6 Å². The van der Waals surface area contributed by atoms with Gasteiger partial charge < -0.3 is 15.4 Å². The van der Waals surface area contributed by atoms with Crippen LogP contribution in [0.5, 0.6) is 0 Å². The van der Waals surface area contributed by atoms with Crippen molar-refractivity contribution in [3.8, 4) is 0 Å². The predicted octanol–water partition coefficient (Wildman–Crippen LogP) is 1.94. The van der Waals surface area contributed by atoms with Crippen molar-refractivity contribution in [1.29, 1.82) is 0 Å². The van der Waals surface area contributed by atoms with E-state index < -0.39 is 0 Å². The van der Waals surface area contributed by atoms with Gasteiger partial charge in [-0.15, -0.1) is 0 Å². The minimum Gasteiger partial charge on any atom is -0.376 e. The van der Waals surface area contributed by atoms with Crippen LogP contribution in [0.1, 0.15) is 18.9 Å². The van der Waals surface area contributed by atoms with Gasteiger partial charge in [-0.3, -0.25) is 0 Å². The minimum absolute atomic E-state index is 0.151. The maximum absolute atomic E-state index is 14.1. The zero-order valence-electron chi connectivity index (χ0n) is 11.0. The number of likely N-dealkylation sites (N-methyl/N-ethyl adjacent to an activating group) is 1. The van der Waals surface area contributed by atoms with E-state index in [9.17, 15) is 4.39 Å². The number of ether oxygens (including phenoxy) is 1. The van der Waals surface area contributed by atoms with Crippen molar-refractivity contribution in [3.05, 3.63) is 29.6 Å². The third-order valence-electron chi connectivity index (χ3n) is 3.66. The van der Waals surface area contributed by atoms with Gasteiger partial charge in [0, 0.05) is 13.7 Å². The first-order chi connectivity index (χ1) is 8.63. The van der Waals surface area contributed by atoms with Crippen molar-refractivity contribution in [2.75, 3.05) is 25.1 Å². The Morgan fingerprint density at radius 1 is 1.50 bits per heavy atom. The first kappa shape index (κ1) is 13.3. The molecule has 1 fully saturated rings. The fraction of sp³-hybridized carbons (Fsp3) is 0.571. The van der Waals surface area contributed by atoms with Crippen LogP contribution in [0.25, 0.3) is 0 Å². The summed E-state index contributed by atoms with van der Waals surface area (Å²) in [6, 6.07) is 5.62. The second kappa shape index (κ2) is 5.67. The van der Waals surface area contributed by atoms with Crippen molar-refractivity contribution < 1.29 is 9.13 Å². The Morgan fingerprint density at radius 2 is 2.28 bits per heavy atom. The summed E-state index contributed by atoms with van der Waals surface area (Å²) < 4.78 is 19.6. The number of rotatable bonds is 4. The minimum atomic E-state index is -0.178. The summed E-state index contributed by atoms with van der Waals surface area (Å²) in [7, 11) is 1.93. The Bertz CT molecular complexity index is 411. The van der Waals surface area contributed by atoms with Crippen LogP contribution in [0.15, 0.2) is 18.2 Å². The SMILES string of the molecule is CC1OCCC1N(C)c1ccc(CCN)cc1F. The van der Waals surface area contributed by atoms with Gasteiger partial charge in [0.1, 0.15) is 5.82 Å². The lowest BCUT2D eigenvalue weighted by molar-refractivity contribution is 0.118. The topological polar surface area (TPSA) is 38.5 Å². The molecule has 1 heterocycles.